The van der Waals surface area contributed by atoms with Crippen molar-refractivity contribution in [3.63, 3.8) is 0 Å². The van der Waals surface area contributed by atoms with Gasteiger partial charge in [0, 0.05) is 25.2 Å². The molecule has 0 fully saturated rings. The van der Waals surface area contributed by atoms with Gasteiger partial charge in [-0.05, 0) is 24.3 Å². The lowest BCUT2D eigenvalue weighted by atomic mass is 10.2. The van der Waals surface area contributed by atoms with Gasteiger partial charge in [0.05, 0.1) is 23.5 Å². The van der Waals surface area contributed by atoms with Crippen LogP contribution in [-0.2, 0) is 17.8 Å². The molecule has 0 saturated carbocycles. The minimum absolute atomic E-state index is 0.0264. The Morgan fingerprint density at radius 1 is 1.33 bits per heavy atom. The number of pyridine rings is 1. The number of carbonyl (C=O) groups is 1. The molecule has 21 heavy (non-hydrogen) atoms. The summed E-state index contributed by atoms with van der Waals surface area (Å²) in [5, 5.41) is 3.49. The zero-order chi connectivity index (χ0) is 14.7. The summed E-state index contributed by atoms with van der Waals surface area (Å²) in [5.74, 6) is 0.786. The first-order valence-corrected chi connectivity index (χ1v) is 7.01. The van der Waals surface area contributed by atoms with Crippen LogP contribution < -0.4 is 5.32 Å². The minimum Gasteiger partial charge on any atom is -0.469 e. The van der Waals surface area contributed by atoms with E-state index >= 15 is 0 Å². The van der Waals surface area contributed by atoms with Crippen molar-refractivity contribution < 1.29 is 9.21 Å². The van der Waals surface area contributed by atoms with E-state index in [4.69, 9.17) is 16.0 Å². The Labute approximate surface area is 126 Å². The van der Waals surface area contributed by atoms with Gasteiger partial charge in [0.15, 0.2) is 0 Å². The first kappa shape index (κ1) is 13.7. The molecule has 0 unspecified atom stereocenters. The van der Waals surface area contributed by atoms with Crippen LogP contribution in [0.5, 0.6) is 0 Å². The zero-order valence-electron chi connectivity index (χ0n) is 11.3. The molecule has 3 aromatic heterocycles. The first-order chi connectivity index (χ1) is 10.2. The molecule has 3 rings (SSSR count). The number of aromatic nitrogens is 2. The van der Waals surface area contributed by atoms with Crippen molar-refractivity contribution >= 4 is 23.2 Å². The predicted molar refractivity (Wildman–Crippen MR) is 79.1 cm³/mol. The molecule has 0 atom stereocenters. The molecule has 1 amide bonds. The molecule has 5 nitrogen and oxygen atoms in total. The van der Waals surface area contributed by atoms with Crippen LogP contribution in [0, 0.1) is 0 Å². The van der Waals surface area contributed by atoms with E-state index in [1.54, 1.807) is 18.5 Å². The van der Waals surface area contributed by atoms with Crippen molar-refractivity contribution in [3.8, 4) is 0 Å². The molecule has 0 saturated heterocycles. The van der Waals surface area contributed by atoms with Gasteiger partial charge in [-0.1, -0.05) is 11.6 Å². The van der Waals surface area contributed by atoms with Gasteiger partial charge in [-0.2, -0.15) is 0 Å². The number of carbonyl (C=O) groups excluding carboxylic acids is 1. The lowest BCUT2D eigenvalue weighted by molar-refractivity contribution is -0.121. The number of nitrogens with one attached hydrogen (secondary N) is 1. The quantitative estimate of drug-likeness (QED) is 0.788. The number of furan rings is 1. The Hall–Kier alpha value is -2.27. The van der Waals surface area contributed by atoms with Gasteiger partial charge in [0.1, 0.15) is 11.4 Å². The molecule has 6 heteroatoms. The summed E-state index contributed by atoms with van der Waals surface area (Å²) in [6, 6.07) is 7.30. The molecular weight excluding hydrogens is 290 g/mol. The molecule has 108 valence electrons. The summed E-state index contributed by atoms with van der Waals surface area (Å²) >= 11 is 5.92. The molecule has 0 radical (unpaired) electrons. The van der Waals surface area contributed by atoms with Crippen LogP contribution in [-0.4, -0.2) is 15.3 Å². The van der Waals surface area contributed by atoms with Crippen LogP contribution in [0.2, 0.25) is 5.02 Å². The van der Waals surface area contributed by atoms with Crippen molar-refractivity contribution in [2.75, 3.05) is 0 Å². The lowest BCUT2D eigenvalue weighted by Gasteiger charge is -2.01. The number of hydrogen-bond acceptors (Lipinski definition) is 3. The maximum absolute atomic E-state index is 11.8. The highest BCUT2D eigenvalue weighted by Gasteiger charge is 2.06. The maximum atomic E-state index is 11.8. The monoisotopic (exact) mass is 303 g/mol. The third-order valence-electron chi connectivity index (χ3n) is 3.11. The third-order valence-corrected chi connectivity index (χ3v) is 3.33. The highest BCUT2D eigenvalue weighted by atomic mass is 35.5. The lowest BCUT2D eigenvalue weighted by Crippen LogP contribution is -2.23. The van der Waals surface area contributed by atoms with Crippen molar-refractivity contribution in [2.45, 2.75) is 19.4 Å². The minimum atomic E-state index is -0.0264. The van der Waals surface area contributed by atoms with Crippen LogP contribution in [0.4, 0.5) is 0 Å². The second-order valence-electron chi connectivity index (χ2n) is 4.70. The summed E-state index contributed by atoms with van der Waals surface area (Å²) in [4.78, 5) is 16.2. The van der Waals surface area contributed by atoms with Gasteiger partial charge in [-0.25, -0.2) is 4.98 Å². The Morgan fingerprint density at radius 3 is 3.05 bits per heavy atom. The summed E-state index contributed by atoms with van der Waals surface area (Å²) in [5.41, 5.74) is 1.60. The largest absolute Gasteiger partial charge is 0.469 e. The summed E-state index contributed by atoms with van der Waals surface area (Å²) in [6.45, 7) is 0.399. The van der Waals surface area contributed by atoms with Crippen molar-refractivity contribution in [1.82, 2.24) is 14.7 Å². The van der Waals surface area contributed by atoms with E-state index in [1.807, 2.05) is 28.8 Å². The van der Waals surface area contributed by atoms with Crippen molar-refractivity contribution in [1.29, 1.82) is 0 Å². The Kier molecular flexibility index (Phi) is 3.92. The van der Waals surface area contributed by atoms with Gasteiger partial charge in [-0.3, -0.25) is 4.79 Å². The zero-order valence-corrected chi connectivity index (χ0v) is 12.0. The van der Waals surface area contributed by atoms with E-state index < -0.39 is 0 Å². The molecule has 0 spiro atoms. The highest BCUT2D eigenvalue weighted by molar-refractivity contribution is 6.30. The Bertz CT molecular complexity index is 749. The molecule has 1 N–H and O–H groups in total. The van der Waals surface area contributed by atoms with Crippen LogP contribution in [0.25, 0.3) is 5.65 Å². The number of imidazole rings is 1. The second-order valence-corrected chi connectivity index (χ2v) is 5.14. The van der Waals surface area contributed by atoms with Gasteiger partial charge in [0.25, 0.3) is 0 Å². The van der Waals surface area contributed by atoms with E-state index in [-0.39, 0.29) is 5.91 Å². The molecular formula is C15H14ClN3O2. The third kappa shape index (κ3) is 3.44. The molecule has 0 aliphatic rings. The number of rotatable bonds is 5. The standard InChI is InChI=1S/C15H14ClN3O2/c16-11-3-5-14-18-12(10-19(14)9-11)8-17-15(20)6-4-13-2-1-7-21-13/h1-3,5,7,9-10H,4,6,8H2,(H,17,20). The molecule has 0 aliphatic heterocycles. The summed E-state index contributed by atoms with van der Waals surface area (Å²) in [7, 11) is 0. The summed E-state index contributed by atoms with van der Waals surface area (Å²) < 4.78 is 7.03. The smallest absolute Gasteiger partial charge is 0.220 e. The highest BCUT2D eigenvalue weighted by Crippen LogP contribution is 2.11. The number of halogens is 1. The second kappa shape index (κ2) is 6.01. The average Bonchev–Trinajstić information content (AvgIpc) is 3.11. The molecule has 0 aliphatic carbocycles. The Balaban J connectivity index is 1.54. The van der Waals surface area contributed by atoms with Gasteiger partial charge in [-0.15, -0.1) is 0 Å². The normalized spacial score (nSPS) is 10.9. The fraction of sp³-hybridized carbons (Fsp3) is 0.200. The number of nitrogens with zero attached hydrogens (tertiary/aromatic N) is 2. The number of aryl methyl sites for hydroxylation is 1. The van der Waals surface area contributed by atoms with Gasteiger partial charge < -0.3 is 14.1 Å². The summed E-state index contributed by atoms with van der Waals surface area (Å²) in [6.07, 6.45) is 6.24. The average molecular weight is 304 g/mol. The number of fused-ring (bicyclic) bond motifs is 1. The van der Waals surface area contributed by atoms with E-state index in [9.17, 15) is 4.79 Å². The van der Waals surface area contributed by atoms with E-state index in [2.05, 4.69) is 10.3 Å². The van der Waals surface area contributed by atoms with Crippen LogP contribution in [0.15, 0.2) is 47.3 Å². The Morgan fingerprint density at radius 2 is 2.24 bits per heavy atom. The SMILES string of the molecule is O=C(CCc1ccco1)NCc1cn2cc(Cl)ccc2n1. The first-order valence-electron chi connectivity index (χ1n) is 6.63. The van der Waals surface area contributed by atoms with E-state index in [0.29, 0.717) is 24.4 Å². The fourth-order valence-electron chi connectivity index (χ4n) is 2.07. The topological polar surface area (TPSA) is 59.5 Å². The van der Waals surface area contributed by atoms with Crippen LogP contribution in [0.1, 0.15) is 17.9 Å². The fourth-order valence-corrected chi connectivity index (χ4v) is 2.24. The molecule has 3 heterocycles. The van der Waals surface area contributed by atoms with Gasteiger partial charge >= 0.3 is 0 Å². The van der Waals surface area contributed by atoms with Crippen LogP contribution >= 0.6 is 11.6 Å². The molecule has 3 aromatic rings. The van der Waals surface area contributed by atoms with Crippen molar-refractivity contribution in [3.05, 3.63) is 59.4 Å². The van der Waals surface area contributed by atoms with Crippen LogP contribution in [0.3, 0.4) is 0 Å². The predicted octanol–water partition coefficient (Wildman–Crippen LogP) is 2.83. The number of amides is 1. The van der Waals surface area contributed by atoms with Crippen molar-refractivity contribution in [2.24, 2.45) is 0 Å². The van der Waals surface area contributed by atoms with E-state index in [0.717, 1.165) is 17.1 Å². The number of hydrogen-bond donors (Lipinski definition) is 1. The molecule has 0 bridgehead atoms. The molecule has 0 aromatic carbocycles. The van der Waals surface area contributed by atoms with E-state index in [1.165, 1.54) is 0 Å². The van der Waals surface area contributed by atoms with Gasteiger partial charge in [0.2, 0.25) is 5.91 Å². The maximum Gasteiger partial charge on any atom is 0.220 e.